The molecule has 0 spiro atoms. The van der Waals surface area contributed by atoms with Crippen LogP contribution >= 0.6 is 0 Å². The van der Waals surface area contributed by atoms with E-state index in [0.29, 0.717) is 6.04 Å². The quantitative estimate of drug-likeness (QED) is 0.607. The molecule has 4 N–H and O–H groups in total. The van der Waals surface area contributed by atoms with Gasteiger partial charge >= 0.3 is 0 Å². The zero-order valence-electron chi connectivity index (χ0n) is 15.6. The Hall–Kier alpha value is -2.37. The van der Waals surface area contributed by atoms with Crippen molar-refractivity contribution in [1.82, 2.24) is 5.32 Å². The van der Waals surface area contributed by atoms with Crippen molar-refractivity contribution in [3.8, 4) is 5.75 Å². The first-order chi connectivity index (χ1) is 12.3. The molecule has 142 valence electrons. The van der Waals surface area contributed by atoms with Crippen molar-refractivity contribution in [3.05, 3.63) is 65.7 Å². The first-order valence-electron chi connectivity index (χ1n) is 8.76. The Bertz CT molecular complexity index is 639. The third-order valence-electron chi connectivity index (χ3n) is 3.96. The average molecular weight is 359 g/mol. The number of aromatic hydroxyl groups is 1. The third-order valence-corrected chi connectivity index (χ3v) is 3.96. The smallest absolute Gasteiger partial charge is 0.300 e. The number of phenolic OH excluding ortho intramolecular Hbond substituents is 1. The lowest BCUT2D eigenvalue weighted by Crippen LogP contribution is -2.38. The van der Waals surface area contributed by atoms with Crippen molar-refractivity contribution in [1.29, 1.82) is 0 Å². The van der Waals surface area contributed by atoms with Crippen molar-refractivity contribution in [3.63, 3.8) is 0 Å². The molecule has 3 atom stereocenters. The van der Waals surface area contributed by atoms with Gasteiger partial charge in [0.1, 0.15) is 5.75 Å². The summed E-state index contributed by atoms with van der Waals surface area (Å²) < 4.78 is 0. The molecule has 0 saturated carbocycles. The van der Waals surface area contributed by atoms with Gasteiger partial charge in [0.2, 0.25) is 0 Å². The van der Waals surface area contributed by atoms with E-state index >= 15 is 0 Å². The number of benzene rings is 2. The number of aliphatic hydroxyl groups is 1. The number of aliphatic hydroxyl groups excluding tert-OH is 1. The Balaban J connectivity index is 0.000000765. The molecule has 0 aliphatic carbocycles. The maximum Gasteiger partial charge on any atom is 0.300 e. The standard InChI is InChI=1S/C19H25NO2.C2H4O2/c1-14(8-9-16-6-4-3-5-7-16)20-15(2)19(22)17-10-12-18(21)13-11-17;1-2(3)4/h3-7,10-15,19-22H,8-9H2,1-2H3;1H3,(H,3,4). The van der Waals surface area contributed by atoms with Crippen LogP contribution in [0.15, 0.2) is 54.6 Å². The highest BCUT2D eigenvalue weighted by Crippen LogP contribution is 2.20. The molecule has 5 nitrogen and oxygen atoms in total. The van der Waals surface area contributed by atoms with Crippen molar-refractivity contribution >= 4 is 5.97 Å². The number of rotatable bonds is 7. The Morgan fingerprint density at radius 1 is 1.04 bits per heavy atom. The lowest BCUT2D eigenvalue weighted by atomic mass is 10.0. The number of nitrogens with one attached hydrogen (secondary N) is 1. The van der Waals surface area contributed by atoms with Crippen LogP contribution in [0.25, 0.3) is 0 Å². The normalized spacial score (nSPS) is 13.8. The predicted octanol–water partition coefficient (Wildman–Crippen LogP) is 3.52. The summed E-state index contributed by atoms with van der Waals surface area (Å²) >= 11 is 0. The van der Waals surface area contributed by atoms with E-state index in [1.807, 2.05) is 13.0 Å². The van der Waals surface area contributed by atoms with E-state index < -0.39 is 12.1 Å². The summed E-state index contributed by atoms with van der Waals surface area (Å²) in [6, 6.07) is 17.4. The molecule has 2 rings (SSSR count). The van der Waals surface area contributed by atoms with Crippen LogP contribution in [-0.2, 0) is 11.2 Å². The molecule has 0 aliphatic heterocycles. The molecular weight excluding hydrogens is 330 g/mol. The van der Waals surface area contributed by atoms with Crippen LogP contribution in [0.4, 0.5) is 0 Å². The largest absolute Gasteiger partial charge is 0.508 e. The van der Waals surface area contributed by atoms with Gasteiger partial charge in [-0.15, -0.1) is 0 Å². The number of aryl methyl sites for hydroxylation is 1. The monoisotopic (exact) mass is 359 g/mol. The maximum atomic E-state index is 10.4. The summed E-state index contributed by atoms with van der Waals surface area (Å²) in [5, 5.41) is 30.5. The van der Waals surface area contributed by atoms with Crippen LogP contribution in [0.3, 0.4) is 0 Å². The first-order valence-corrected chi connectivity index (χ1v) is 8.76. The van der Waals surface area contributed by atoms with Gasteiger partial charge in [0.15, 0.2) is 0 Å². The molecule has 2 aromatic carbocycles. The average Bonchev–Trinajstić information content (AvgIpc) is 2.60. The van der Waals surface area contributed by atoms with Gasteiger partial charge < -0.3 is 20.6 Å². The first kappa shape index (κ1) is 21.7. The second-order valence-electron chi connectivity index (χ2n) is 6.44. The van der Waals surface area contributed by atoms with Gasteiger partial charge in [-0.25, -0.2) is 0 Å². The predicted molar refractivity (Wildman–Crippen MR) is 103 cm³/mol. The van der Waals surface area contributed by atoms with Gasteiger partial charge in [-0.2, -0.15) is 0 Å². The van der Waals surface area contributed by atoms with Crippen LogP contribution < -0.4 is 5.32 Å². The van der Waals surface area contributed by atoms with E-state index in [2.05, 4.69) is 36.5 Å². The minimum absolute atomic E-state index is 0.0460. The molecule has 0 saturated heterocycles. The van der Waals surface area contributed by atoms with E-state index in [-0.39, 0.29) is 11.8 Å². The Kier molecular flexibility index (Phi) is 9.41. The van der Waals surface area contributed by atoms with Crippen LogP contribution in [0.2, 0.25) is 0 Å². The lowest BCUT2D eigenvalue weighted by Gasteiger charge is -2.25. The summed E-state index contributed by atoms with van der Waals surface area (Å²) in [6.07, 6.45) is 1.47. The number of phenols is 1. The lowest BCUT2D eigenvalue weighted by molar-refractivity contribution is -0.134. The van der Waals surface area contributed by atoms with Gasteiger partial charge in [0, 0.05) is 19.0 Å². The van der Waals surface area contributed by atoms with Gasteiger partial charge in [-0.1, -0.05) is 42.5 Å². The number of carboxylic acids is 1. The zero-order valence-corrected chi connectivity index (χ0v) is 15.6. The molecular formula is C21H29NO4. The molecule has 0 aliphatic rings. The molecule has 0 amide bonds. The Morgan fingerprint density at radius 2 is 1.58 bits per heavy atom. The molecule has 2 aromatic rings. The molecule has 0 aromatic heterocycles. The molecule has 0 bridgehead atoms. The summed E-state index contributed by atoms with van der Waals surface area (Å²) in [5.41, 5.74) is 2.15. The number of aliphatic carboxylic acids is 1. The van der Waals surface area contributed by atoms with Gasteiger partial charge in [0.25, 0.3) is 5.97 Å². The van der Waals surface area contributed by atoms with Crippen LogP contribution in [0.1, 0.15) is 44.4 Å². The highest BCUT2D eigenvalue weighted by Gasteiger charge is 2.18. The van der Waals surface area contributed by atoms with Crippen LogP contribution in [-0.4, -0.2) is 33.4 Å². The Labute approximate surface area is 155 Å². The van der Waals surface area contributed by atoms with Gasteiger partial charge in [0.05, 0.1) is 6.10 Å². The van der Waals surface area contributed by atoms with E-state index in [1.54, 1.807) is 24.3 Å². The van der Waals surface area contributed by atoms with Crippen LogP contribution in [0.5, 0.6) is 5.75 Å². The number of carbonyl (C=O) groups is 1. The minimum Gasteiger partial charge on any atom is -0.508 e. The van der Waals surface area contributed by atoms with Crippen molar-refractivity contribution in [2.75, 3.05) is 0 Å². The van der Waals surface area contributed by atoms with Crippen molar-refractivity contribution in [2.45, 2.75) is 51.8 Å². The molecule has 0 fully saturated rings. The fourth-order valence-corrected chi connectivity index (χ4v) is 2.61. The summed E-state index contributed by atoms with van der Waals surface area (Å²) in [7, 11) is 0. The van der Waals surface area contributed by atoms with E-state index in [4.69, 9.17) is 9.90 Å². The second kappa shape index (κ2) is 11.3. The van der Waals surface area contributed by atoms with Crippen LogP contribution in [0, 0.1) is 0 Å². The number of hydrogen-bond acceptors (Lipinski definition) is 4. The van der Waals surface area contributed by atoms with E-state index in [9.17, 15) is 10.2 Å². The molecule has 3 unspecified atom stereocenters. The fraction of sp³-hybridized carbons (Fsp3) is 0.381. The molecule has 26 heavy (non-hydrogen) atoms. The zero-order chi connectivity index (χ0) is 19.5. The summed E-state index contributed by atoms with van der Waals surface area (Å²) in [6.45, 7) is 5.21. The molecule has 5 heteroatoms. The topological polar surface area (TPSA) is 89.8 Å². The maximum absolute atomic E-state index is 10.4. The minimum atomic E-state index is -0.833. The molecule has 0 heterocycles. The van der Waals surface area contributed by atoms with Crippen molar-refractivity contribution in [2.24, 2.45) is 0 Å². The fourth-order valence-electron chi connectivity index (χ4n) is 2.61. The van der Waals surface area contributed by atoms with Gasteiger partial charge in [-0.05, 0) is 49.9 Å². The summed E-state index contributed by atoms with van der Waals surface area (Å²) in [4.78, 5) is 9.00. The highest BCUT2D eigenvalue weighted by atomic mass is 16.4. The van der Waals surface area contributed by atoms with E-state index in [0.717, 1.165) is 25.3 Å². The van der Waals surface area contributed by atoms with Gasteiger partial charge in [-0.3, -0.25) is 4.79 Å². The highest BCUT2D eigenvalue weighted by molar-refractivity contribution is 5.62. The summed E-state index contributed by atoms with van der Waals surface area (Å²) in [5.74, 6) is -0.618. The second-order valence-corrected chi connectivity index (χ2v) is 6.44. The number of carboxylic acid groups (broad SMARTS) is 1. The SMILES string of the molecule is CC(=O)O.CC(CCc1ccccc1)NC(C)C(O)c1ccc(O)cc1. The van der Waals surface area contributed by atoms with Crippen molar-refractivity contribution < 1.29 is 20.1 Å². The van der Waals surface area contributed by atoms with E-state index in [1.165, 1.54) is 5.56 Å². The number of hydrogen-bond donors (Lipinski definition) is 4. The molecule has 0 radical (unpaired) electrons. The Morgan fingerprint density at radius 3 is 2.12 bits per heavy atom. The third kappa shape index (κ3) is 8.65.